The Morgan fingerprint density at radius 2 is 1.81 bits per heavy atom. The molecule has 2 rings (SSSR count). The first kappa shape index (κ1) is 10.6. The van der Waals surface area contributed by atoms with E-state index >= 15 is 0 Å². The van der Waals surface area contributed by atoms with Gasteiger partial charge in [-0.05, 0) is 24.8 Å². The van der Waals surface area contributed by atoms with Crippen LogP contribution >= 0.6 is 0 Å². The van der Waals surface area contributed by atoms with Gasteiger partial charge < -0.3 is 0 Å². The molecule has 0 aliphatic carbocycles. The molecule has 0 fully saturated rings. The molecule has 1 heteroatoms. The van der Waals surface area contributed by atoms with Crippen LogP contribution in [0.1, 0.15) is 18.1 Å². The van der Waals surface area contributed by atoms with E-state index in [0.717, 1.165) is 21.9 Å². The molecule has 0 aromatic heterocycles. The van der Waals surface area contributed by atoms with Gasteiger partial charge in [0.15, 0.2) is 5.43 Å². The second-order valence-electron chi connectivity index (χ2n) is 3.85. The van der Waals surface area contributed by atoms with Gasteiger partial charge in [-0.25, -0.2) is 0 Å². The molecule has 0 saturated carbocycles. The fourth-order valence-electron chi connectivity index (χ4n) is 1.85. The smallest absolute Gasteiger partial charge is 0.193 e. The van der Waals surface area contributed by atoms with E-state index in [4.69, 9.17) is 0 Å². The van der Waals surface area contributed by atoms with Crippen LogP contribution in [0.2, 0.25) is 0 Å². The third-order valence-corrected chi connectivity index (χ3v) is 2.72. The Morgan fingerprint density at radius 1 is 1.06 bits per heavy atom. The zero-order chi connectivity index (χ0) is 11.5. The summed E-state index contributed by atoms with van der Waals surface area (Å²) in [6.45, 7) is 3.89. The third-order valence-electron chi connectivity index (χ3n) is 2.72. The van der Waals surface area contributed by atoms with Gasteiger partial charge in [0.05, 0.1) is 0 Å². The van der Waals surface area contributed by atoms with E-state index in [-0.39, 0.29) is 5.43 Å². The van der Waals surface area contributed by atoms with E-state index < -0.39 is 0 Å². The van der Waals surface area contributed by atoms with Gasteiger partial charge in [0.2, 0.25) is 0 Å². The lowest BCUT2D eigenvalue weighted by Crippen LogP contribution is -2.03. The Morgan fingerprint density at radius 3 is 2.56 bits per heavy atom. The van der Waals surface area contributed by atoms with Crippen LogP contribution in [0.25, 0.3) is 16.8 Å². The predicted molar refractivity (Wildman–Crippen MR) is 69.7 cm³/mol. The number of hydrogen-bond acceptors (Lipinski definition) is 1. The zero-order valence-corrected chi connectivity index (χ0v) is 9.53. The molecule has 16 heavy (non-hydrogen) atoms. The molecule has 2 aromatic rings. The Hall–Kier alpha value is -1.89. The maximum Gasteiger partial charge on any atom is 0.193 e. The molecule has 0 spiro atoms. The maximum atomic E-state index is 12.3. The van der Waals surface area contributed by atoms with Crippen molar-refractivity contribution < 1.29 is 0 Å². The summed E-state index contributed by atoms with van der Waals surface area (Å²) in [6.07, 6.45) is 3.78. The Kier molecular flexibility index (Phi) is 2.86. The first-order chi connectivity index (χ1) is 7.74. The minimum absolute atomic E-state index is 0.108. The first-order valence-electron chi connectivity index (χ1n) is 5.39. The number of fused-ring (bicyclic) bond motifs is 1. The van der Waals surface area contributed by atoms with Crippen molar-refractivity contribution in [2.45, 2.75) is 13.8 Å². The molecule has 2 aromatic carbocycles. The van der Waals surface area contributed by atoms with Gasteiger partial charge in [-0.2, -0.15) is 0 Å². The molecule has 0 unspecified atom stereocenters. The van der Waals surface area contributed by atoms with E-state index in [1.165, 1.54) is 0 Å². The Balaban J connectivity index is 2.98. The molecular formula is C15H14O. The normalized spacial score (nSPS) is 11.1. The largest absolute Gasteiger partial charge is 0.289 e. The summed E-state index contributed by atoms with van der Waals surface area (Å²) in [7, 11) is 0. The van der Waals surface area contributed by atoms with Crippen molar-refractivity contribution in [2.24, 2.45) is 0 Å². The van der Waals surface area contributed by atoms with Crippen LogP contribution in [0.4, 0.5) is 0 Å². The van der Waals surface area contributed by atoms with E-state index in [1.54, 1.807) is 0 Å². The monoisotopic (exact) mass is 210 g/mol. The summed E-state index contributed by atoms with van der Waals surface area (Å²) in [5, 5.41) is 1.77. The molecular weight excluding hydrogens is 196 g/mol. The molecule has 0 heterocycles. The van der Waals surface area contributed by atoms with Gasteiger partial charge in [0, 0.05) is 10.9 Å². The van der Waals surface area contributed by atoms with Crippen LogP contribution in [0.3, 0.4) is 0 Å². The second-order valence-corrected chi connectivity index (χ2v) is 3.85. The summed E-state index contributed by atoms with van der Waals surface area (Å²) in [5.41, 5.74) is 1.90. The number of aryl methyl sites for hydroxylation is 1. The molecule has 0 saturated heterocycles. The quantitative estimate of drug-likeness (QED) is 0.703. The van der Waals surface area contributed by atoms with Crippen molar-refractivity contribution in [3.63, 3.8) is 0 Å². The highest BCUT2D eigenvalue weighted by Crippen LogP contribution is 2.12. The fraction of sp³-hybridized carbons (Fsp3) is 0.133. The van der Waals surface area contributed by atoms with E-state index in [1.807, 2.05) is 62.4 Å². The summed E-state index contributed by atoms with van der Waals surface area (Å²) in [5.74, 6) is 0. The molecule has 0 atom stereocenters. The maximum absolute atomic E-state index is 12.3. The van der Waals surface area contributed by atoms with Gasteiger partial charge >= 0.3 is 0 Å². The summed E-state index contributed by atoms with van der Waals surface area (Å²) < 4.78 is 0. The topological polar surface area (TPSA) is 17.1 Å². The highest BCUT2D eigenvalue weighted by Gasteiger charge is 2.02. The molecule has 0 bridgehead atoms. The van der Waals surface area contributed by atoms with Crippen molar-refractivity contribution in [3.8, 4) is 0 Å². The number of allylic oxidation sites excluding steroid dienone is 1. The molecule has 0 aliphatic rings. The molecule has 0 radical (unpaired) electrons. The highest BCUT2D eigenvalue weighted by molar-refractivity contribution is 5.83. The lowest BCUT2D eigenvalue weighted by Gasteiger charge is -1.92. The average molecular weight is 210 g/mol. The van der Waals surface area contributed by atoms with Crippen LogP contribution < -0.4 is 5.43 Å². The summed E-state index contributed by atoms with van der Waals surface area (Å²) in [6, 6.07) is 11.7. The molecule has 80 valence electrons. The van der Waals surface area contributed by atoms with Crippen LogP contribution in [0.5, 0.6) is 0 Å². The predicted octanol–water partition coefficient (Wildman–Crippen LogP) is 3.54. The van der Waals surface area contributed by atoms with Crippen molar-refractivity contribution in [3.05, 3.63) is 63.8 Å². The van der Waals surface area contributed by atoms with Crippen LogP contribution in [-0.2, 0) is 0 Å². The van der Waals surface area contributed by atoms with Crippen molar-refractivity contribution >= 4 is 16.8 Å². The molecule has 0 amide bonds. The van der Waals surface area contributed by atoms with Crippen LogP contribution in [0.15, 0.2) is 47.3 Å². The van der Waals surface area contributed by atoms with Gasteiger partial charge in [-0.15, -0.1) is 0 Å². The van der Waals surface area contributed by atoms with Gasteiger partial charge in [-0.1, -0.05) is 48.6 Å². The van der Waals surface area contributed by atoms with E-state index in [9.17, 15) is 4.79 Å². The second kappa shape index (κ2) is 4.31. The van der Waals surface area contributed by atoms with Crippen LogP contribution in [-0.4, -0.2) is 0 Å². The van der Waals surface area contributed by atoms with Gasteiger partial charge in [0.1, 0.15) is 0 Å². The standard InChI is InChI=1S/C15H14O/c1-3-6-13-11(2)9-10-12-7-4-5-8-14(12)15(13)16/h3-10H,1-2H3/b6-3-. The minimum atomic E-state index is 0.108. The first-order valence-corrected chi connectivity index (χ1v) is 5.39. The van der Waals surface area contributed by atoms with Crippen molar-refractivity contribution in [2.75, 3.05) is 0 Å². The SMILES string of the molecule is C/C=C\c1c(C)ccc2ccccc2c1=O. The third kappa shape index (κ3) is 1.76. The van der Waals surface area contributed by atoms with Crippen molar-refractivity contribution in [1.29, 1.82) is 0 Å². The lowest BCUT2D eigenvalue weighted by molar-refractivity contribution is 1.45. The summed E-state index contributed by atoms with van der Waals surface area (Å²) in [4.78, 5) is 12.3. The van der Waals surface area contributed by atoms with E-state index in [2.05, 4.69) is 0 Å². The Bertz CT molecular complexity index is 609. The zero-order valence-electron chi connectivity index (χ0n) is 9.53. The van der Waals surface area contributed by atoms with Gasteiger partial charge in [0.25, 0.3) is 0 Å². The number of hydrogen-bond donors (Lipinski definition) is 0. The Labute approximate surface area is 95.1 Å². The summed E-state index contributed by atoms with van der Waals surface area (Å²) >= 11 is 0. The average Bonchev–Trinajstić information content (AvgIpc) is 2.42. The highest BCUT2D eigenvalue weighted by atomic mass is 16.1. The van der Waals surface area contributed by atoms with Crippen LogP contribution in [0, 0.1) is 6.92 Å². The lowest BCUT2D eigenvalue weighted by atomic mass is 10.1. The number of benzene rings is 1. The number of rotatable bonds is 1. The van der Waals surface area contributed by atoms with E-state index in [0.29, 0.717) is 0 Å². The van der Waals surface area contributed by atoms with Gasteiger partial charge in [-0.3, -0.25) is 4.79 Å². The van der Waals surface area contributed by atoms with Crippen molar-refractivity contribution in [1.82, 2.24) is 0 Å². The fourth-order valence-corrected chi connectivity index (χ4v) is 1.85. The molecule has 0 aliphatic heterocycles. The molecule has 1 nitrogen and oxygen atoms in total. The molecule has 0 N–H and O–H groups in total. The minimum Gasteiger partial charge on any atom is -0.289 e.